The van der Waals surface area contributed by atoms with Gasteiger partial charge in [-0.05, 0) is 27.2 Å². The summed E-state index contributed by atoms with van der Waals surface area (Å²) in [5.74, 6) is -4.42. The fraction of sp³-hybridized carbons (Fsp3) is 0.636. The number of carbonyl (C=O) groups is 4. The Bertz CT molecular complexity index is 385. The normalized spacial score (nSPS) is 12.4. The van der Waals surface area contributed by atoms with Crippen LogP contribution < -0.4 is 11.1 Å². The number of ether oxygens (including phenoxy) is 1. The molecule has 0 aromatic carbocycles. The first kappa shape index (κ1) is 16.9. The van der Waals surface area contributed by atoms with E-state index < -0.39 is 35.4 Å². The Morgan fingerprint density at radius 2 is 1.79 bits per heavy atom. The Hall–Kier alpha value is -2.12. The second-order valence-corrected chi connectivity index (χ2v) is 4.87. The predicted octanol–water partition coefficient (Wildman–Crippen LogP) is -0.837. The number of carbonyl (C=O) groups excluding carboxylic acids is 3. The lowest BCUT2D eigenvalue weighted by molar-refractivity contribution is -0.164. The molecule has 8 nitrogen and oxygen atoms in total. The van der Waals surface area contributed by atoms with Crippen LogP contribution in [0.4, 0.5) is 0 Å². The van der Waals surface area contributed by atoms with Gasteiger partial charge in [0.2, 0.25) is 5.91 Å². The number of nitrogens with one attached hydrogen (secondary N) is 1. The number of nitrogens with two attached hydrogens (primary N) is 1. The quantitative estimate of drug-likeness (QED) is 0.442. The van der Waals surface area contributed by atoms with E-state index in [9.17, 15) is 19.2 Å². The Balaban J connectivity index is 4.51. The molecule has 0 heterocycles. The smallest absolute Gasteiger partial charge is 0.397 e. The fourth-order valence-electron chi connectivity index (χ4n) is 1.09. The third-order valence-corrected chi connectivity index (χ3v) is 1.87. The molecule has 0 fully saturated rings. The van der Waals surface area contributed by atoms with E-state index >= 15 is 0 Å². The summed E-state index contributed by atoms with van der Waals surface area (Å²) in [7, 11) is 0. The number of hydrogen-bond donors (Lipinski definition) is 3. The first-order valence-electron chi connectivity index (χ1n) is 5.58. The molecule has 0 rings (SSSR count). The number of rotatable bonds is 5. The van der Waals surface area contributed by atoms with Crippen LogP contribution in [0.1, 0.15) is 33.6 Å². The number of hydrogen-bond acceptors (Lipinski definition) is 5. The first-order valence-corrected chi connectivity index (χ1v) is 5.58. The van der Waals surface area contributed by atoms with Crippen LogP contribution in [0.2, 0.25) is 0 Å². The Morgan fingerprint density at radius 1 is 1.26 bits per heavy atom. The third kappa shape index (κ3) is 7.74. The van der Waals surface area contributed by atoms with Crippen LogP contribution in [0.5, 0.6) is 0 Å². The molecule has 1 atom stereocenters. The van der Waals surface area contributed by atoms with Crippen molar-refractivity contribution in [3.8, 4) is 0 Å². The zero-order valence-electron chi connectivity index (χ0n) is 11.1. The molecule has 0 radical (unpaired) electrons. The van der Waals surface area contributed by atoms with Crippen molar-refractivity contribution in [2.45, 2.75) is 45.3 Å². The summed E-state index contributed by atoms with van der Waals surface area (Å²) >= 11 is 0. The minimum atomic E-state index is -1.37. The molecule has 1 unspecified atom stereocenters. The SMILES string of the molecule is CC(C)(C)OC(=O)C(=O)NC(CCC(N)=O)C(=O)O. The van der Waals surface area contributed by atoms with Gasteiger partial charge in [-0.25, -0.2) is 9.59 Å². The summed E-state index contributed by atoms with van der Waals surface area (Å²) in [4.78, 5) is 44.1. The lowest BCUT2D eigenvalue weighted by atomic mass is 10.1. The van der Waals surface area contributed by atoms with E-state index in [4.69, 9.17) is 15.6 Å². The topological polar surface area (TPSA) is 136 Å². The summed E-state index contributed by atoms with van der Waals surface area (Å²) in [6, 6.07) is -1.37. The van der Waals surface area contributed by atoms with Gasteiger partial charge in [-0.2, -0.15) is 0 Å². The summed E-state index contributed by atoms with van der Waals surface area (Å²) in [5.41, 5.74) is 4.02. The van der Waals surface area contributed by atoms with Gasteiger partial charge in [-0.1, -0.05) is 0 Å². The van der Waals surface area contributed by atoms with Crippen molar-refractivity contribution >= 4 is 23.8 Å². The highest BCUT2D eigenvalue weighted by atomic mass is 16.6. The molecule has 0 spiro atoms. The molecule has 0 aliphatic rings. The van der Waals surface area contributed by atoms with Crippen LogP contribution in [-0.4, -0.2) is 40.5 Å². The average molecular weight is 274 g/mol. The molecule has 4 N–H and O–H groups in total. The standard InChI is InChI=1S/C11H18N2O6/c1-11(2,3)19-10(18)8(15)13-6(9(16)17)4-5-7(12)14/h6H,4-5H2,1-3H3,(H2,12,14)(H,13,15)(H,16,17). The molecule has 0 aliphatic heterocycles. The molecule has 0 aromatic rings. The second-order valence-electron chi connectivity index (χ2n) is 4.87. The Morgan fingerprint density at radius 3 is 2.16 bits per heavy atom. The van der Waals surface area contributed by atoms with Crippen molar-refractivity contribution in [1.82, 2.24) is 5.32 Å². The largest absolute Gasteiger partial charge is 0.480 e. The highest BCUT2D eigenvalue weighted by Gasteiger charge is 2.27. The van der Waals surface area contributed by atoms with E-state index in [0.717, 1.165) is 0 Å². The highest BCUT2D eigenvalue weighted by Crippen LogP contribution is 2.07. The van der Waals surface area contributed by atoms with Crippen LogP contribution in [0, 0.1) is 0 Å². The van der Waals surface area contributed by atoms with E-state index in [1.54, 1.807) is 20.8 Å². The van der Waals surface area contributed by atoms with E-state index in [-0.39, 0.29) is 12.8 Å². The van der Waals surface area contributed by atoms with Gasteiger partial charge in [0.25, 0.3) is 0 Å². The molecule has 0 bridgehead atoms. The zero-order valence-corrected chi connectivity index (χ0v) is 11.1. The molecule has 0 saturated heterocycles. The minimum Gasteiger partial charge on any atom is -0.480 e. The maximum absolute atomic E-state index is 11.4. The number of primary amides is 1. The minimum absolute atomic E-state index is 0.195. The number of carboxylic acids is 1. The molecule has 0 aliphatic carbocycles. The van der Waals surface area contributed by atoms with Crippen LogP contribution in [0.3, 0.4) is 0 Å². The molecular weight excluding hydrogens is 256 g/mol. The predicted molar refractivity (Wildman–Crippen MR) is 63.8 cm³/mol. The lowest BCUT2D eigenvalue weighted by Gasteiger charge is -2.20. The zero-order chi connectivity index (χ0) is 15.2. The molecule has 8 heteroatoms. The number of carboxylic acid groups (broad SMARTS) is 1. The molecular formula is C11H18N2O6. The van der Waals surface area contributed by atoms with Crippen molar-refractivity contribution in [3.63, 3.8) is 0 Å². The van der Waals surface area contributed by atoms with Gasteiger partial charge in [0.15, 0.2) is 0 Å². The van der Waals surface area contributed by atoms with Gasteiger partial charge < -0.3 is 20.9 Å². The number of amides is 2. The maximum atomic E-state index is 11.4. The van der Waals surface area contributed by atoms with E-state index in [2.05, 4.69) is 0 Å². The van der Waals surface area contributed by atoms with Crippen LogP contribution in [0.15, 0.2) is 0 Å². The first-order chi connectivity index (χ1) is 8.53. The Labute approximate surface area is 110 Å². The van der Waals surface area contributed by atoms with Crippen LogP contribution in [-0.2, 0) is 23.9 Å². The monoisotopic (exact) mass is 274 g/mol. The van der Waals surface area contributed by atoms with E-state index in [0.29, 0.717) is 0 Å². The Kier molecular flexibility index (Phi) is 5.97. The van der Waals surface area contributed by atoms with Crippen molar-refractivity contribution < 1.29 is 29.0 Å². The molecule has 2 amide bonds. The summed E-state index contributed by atoms with van der Waals surface area (Å²) < 4.78 is 4.77. The number of aliphatic carboxylic acids is 1. The van der Waals surface area contributed by atoms with Crippen molar-refractivity contribution in [3.05, 3.63) is 0 Å². The van der Waals surface area contributed by atoms with Gasteiger partial charge >= 0.3 is 17.8 Å². The van der Waals surface area contributed by atoms with Gasteiger partial charge in [-0.3, -0.25) is 9.59 Å². The summed E-state index contributed by atoms with van der Waals surface area (Å²) in [6.45, 7) is 4.71. The number of esters is 1. The van der Waals surface area contributed by atoms with Gasteiger partial charge in [0.1, 0.15) is 11.6 Å². The van der Waals surface area contributed by atoms with Crippen LogP contribution >= 0.6 is 0 Å². The van der Waals surface area contributed by atoms with Gasteiger partial charge in [-0.15, -0.1) is 0 Å². The van der Waals surface area contributed by atoms with Crippen molar-refractivity contribution in [2.75, 3.05) is 0 Å². The third-order valence-electron chi connectivity index (χ3n) is 1.87. The van der Waals surface area contributed by atoms with Gasteiger partial charge in [0, 0.05) is 6.42 Å². The molecule has 0 saturated carbocycles. The fourth-order valence-corrected chi connectivity index (χ4v) is 1.09. The lowest BCUT2D eigenvalue weighted by Crippen LogP contribution is -2.46. The second kappa shape index (κ2) is 6.72. The summed E-state index contributed by atoms with van der Waals surface area (Å²) in [5, 5.41) is 10.8. The van der Waals surface area contributed by atoms with Crippen LogP contribution in [0.25, 0.3) is 0 Å². The van der Waals surface area contributed by atoms with Crippen molar-refractivity contribution in [2.24, 2.45) is 5.73 Å². The molecule has 19 heavy (non-hydrogen) atoms. The van der Waals surface area contributed by atoms with E-state index in [1.165, 1.54) is 0 Å². The summed E-state index contributed by atoms with van der Waals surface area (Å²) in [6.07, 6.45) is -0.412. The molecule has 108 valence electrons. The van der Waals surface area contributed by atoms with Gasteiger partial charge in [0.05, 0.1) is 0 Å². The van der Waals surface area contributed by atoms with E-state index in [1.807, 2.05) is 5.32 Å². The van der Waals surface area contributed by atoms with Crippen molar-refractivity contribution in [1.29, 1.82) is 0 Å². The highest BCUT2D eigenvalue weighted by molar-refractivity contribution is 6.33. The maximum Gasteiger partial charge on any atom is 0.397 e. The molecule has 0 aromatic heterocycles. The average Bonchev–Trinajstić information content (AvgIpc) is 2.20.